The molecule has 1 amide bonds. The van der Waals surface area contributed by atoms with Crippen LogP contribution >= 0.6 is 12.4 Å². The molecule has 2 rings (SSSR count). The highest BCUT2D eigenvalue weighted by atomic mass is 35.5. The van der Waals surface area contributed by atoms with Gasteiger partial charge in [-0.15, -0.1) is 12.4 Å². The molecule has 1 aliphatic rings. The van der Waals surface area contributed by atoms with Crippen LogP contribution in [0.4, 0.5) is 10.1 Å². The van der Waals surface area contributed by atoms with Crippen molar-refractivity contribution >= 4 is 24.0 Å². The monoisotopic (exact) mass is 316 g/mol. The van der Waals surface area contributed by atoms with E-state index >= 15 is 0 Å². The van der Waals surface area contributed by atoms with E-state index in [0.29, 0.717) is 11.7 Å². The Morgan fingerprint density at radius 3 is 2.52 bits per heavy atom. The smallest absolute Gasteiger partial charge is 0.227 e. The first kappa shape index (κ1) is 17.7. The molecule has 1 aromatic carbocycles. The number of carbonyl (C=O) groups is 1. The van der Waals surface area contributed by atoms with Gasteiger partial charge in [0.2, 0.25) is 5.91 Å². The van der Waals surface area contributed by atoms with Gasteiger partial charge >= 0.3 is 0 Å². The predicted molar refractivity (Wildman–Crippen MR) is 83.6 cm³/mol. The van der Waals surface area contributed by atoms with Gasteiger partial charge in [-0.1, -0.05) is 6.92 Å². The van der Waals surface area contributed by atoms with E-state index < -0.39 is 5.82 Å². The molecule has 0 saturated carbocycles. The molecular weight excluding hydrogens is 295 g/mol. The predicted octanol–water partition coefficient (Wildman–Crippen LogP) is 2.83. The van der Waals surface area contributed by atoms with E-state index in [1.165, 1.54) is 12.1 Å². The molecule has 1 aliphatic heterocycles. The Morgan fingerprint density at radius 2 is 2.05 bits per heavy atom. The lowest BCUT2D eigenvalue weighted by Gasteiger charge is -2.31. The number of nitrogens with one attached hydrogen (secondary N) is 2. The summed E-state index contributed by atoms with van der Waals surface area (Å²) >= 11 is 0. The molecule has 6 heteroatoms. The molecule has 21 heavy (non-hydrogen) atoms. The Bertz CT molecular complexity index is 493. The van der Waals surface area contributed by atoms with Crippen molar-refractivity contribution in [2.75, 3.05) is 18.4 Å². The Balaban J connectivity index is 0.00000220. The van der Waals surface area contributed by atoms with Crippen LogP contribution in [0.25, 0.3) is 0 Å². The molecule has 0 bridgehead atoms. The fraction of sp³-hybridized carbons (Fsp3) is 0.533. The lowest BCUT2D eigenvalue weighted by Crippen LogP contribution is -2.48. The van der Waals surface area contributed by atoms with Crippen LogP contribution in [0.15, 0.2) is 18.2 Å². The van der Waals surface area contributed by atoms with Gasteiger partial charge in [-0.05, 0) is 45.0 Å². The normalized spacial score (nSPS) is 15.9. The first-order valence-electron chi connectivity index (χ1n) is 6.95. The Hall–Kier alpha value is -1.33. The van der Waals surface area contributed by atoms with E-state index in [1.54, 1.807) is 6.07 Å². The van der Waals surface area contributed by atoms with Crippen LogP contribution in [0.3, 0.4) is 0 Å². The largest absolute Gasteiger partial charge is 0.491 e. The van der Waals surface area contributed by atoms with Gasteiger partial charge in [0, 0.05) is 12.0 Å². The van der Waals surface area contributed by atoms with Crippen LogP contribution in [0.1, 0.15) is 20.8 Å². The van der Waals surface area contributed by atoms with E-state index in [2.05, 4.69) is 10.6 Å². The van der Waals surface area contributed by atoms with Gasteiger partial charge in [-0.25, -0.2) is 4.39 Å². The average molecular weight is 317 g/mol. The summed E-state index contributed by atoms with van der Waals surface area (Å²) in [6.45, 7) is 7.31. The second kappa shape index (κ2) is 7.61. The number of benzene rings is 1. The van der Waals surface area contributed by atoms with Crippen molar-refractivity contribution in [2.45, 2.75) is 26.9 Å². The number of hydrogen-bond donors (Lipinski definition) is 2. The number of hydrogen-bond acceptors (Lipinski definition) is 3. The molecular formula is C15H22ClFN2O2. The molecule has 1 aromatic rings. The fourth-order valence-corrected chi connectivity index (χ4v) is 2.07. The minimum atomic E-state index is -0.476. The fourth-order valence-electron chi connectivity index (χ4n) is 2.07. The second-order valence-electron chi connectivity index (χ2n) is 5.50. The number of halogens is 2. The van der Waals surface area contributed by atoms with Crippen LogP contribution in [-0.4, -0.2) is 25.1 Å². The van der Waals surface area contributed by atoms with Crippen molar-refractivity contribution in [3.63, 3.8) is 0 Å². The summed E-state index contributed by atoms with van der Waals surface area (Å²) in [5.41, 5.74) is 0.199. The van der Waals surface area contributed by atoms with E-state index in [9.17, 15) is 9.18 Å². The Morgan fingerprint density at radius 1 is 1.38 bits per heavy atom. The highest BCUT2D eigenvalue weighted by Gasteiger charge is 2.29. The zero-order chi connectivity index (χ0) is 14.7. The summed E-state index contributed by atoms with van der Waals surface area (Å²) in [6, 6.07) is 4.50. The number of anilines is 1. The standard InChI is InChI=1S/C15H21FN2O2.ClH/c1-9(2)20-12-4-5-14(13(16)6-12)18-15(19)10(3)11-7-17-8-11;/h4-6,9-11,17H,7-8H2,1-3H3,(H,18,19);1H. The number of rotatable bonds is 5. The van der Waals surface area contributed by atoms with Crippen LogP contribution in [0.2, 0.25) is 0 Å². The lowest BCUT2D eigenvalue weighted by atomic mass is 9.88. The third-order valence-electron chi connectivity index (χ3n) is 3.50. The minimum absolute atomic E-state index is 0. The first-order valence-corrected chi connectivity index (χ1v) is 6.95. The minimum Gasteiger partial charge on any atom is -0.491 e. The van der Waals surface area contributed by atoms with Crippen molar-refractivity contribution in [3.8, 4) is 5.75 Å². The molecule has 4 nitrogen and oxygen atoms in total. The third-order valence-corrected chi connectivity index (χ3v) is 3.50. The van der Waals surface area contributed by atoms with Crippen molar-refractivity contribution in [3.05, 3.63) is 24.0 Å². The highest BCUT2D eigenvalue weighted by Crippen LogP contribution is 2.23. The first-order chi connectivity index (χ1) is 9.47. The number of carbonyl (C=O) groups excluding carboxylic acids is 1. The molecule has 118 valence electrons. The van der Waals surface area contributed by atoms with Crippen molar-refractivity contribution in [1.82, 2.24) is 5.32 Å². The summed E-state index contributed by atoms with van der Waals surface area (Å²) in [4.78, 5) is 12.0. The van der Waals surface area contributed by atoms with Crippen molar-refractivity contribution in [2.24, 2.45) is 11.8 Å². The van der Waals surface area contributed by atoms with Gasteiger partial charge < -0.3 is 15.4 Å². The molecule has 0 aliphatic carbocycles. The zero-order valence-electron chi connectivity index (χ0n) is 12.5. The maximum atomic E-state index is 13.9. The van der Waals surface area contributed by atoms with E-state index in [0.717, 1.165) is 13.1 Å². The molecule has 0 spiro atoms. The number of ether oxygens (including phenoxy) is 1. The lowest BCUT2D eigenvalue weighted by molar-refractivity contribution is -0.121. The summed E-state index contributed by atoms with van der Waals surface area (Å²) < 4.78 is 19.3. The molecule has 1 saturated heterocycles. The third kappa shape index (κ3) is 4.58. The molecule has 0 aromatic heterocycles. The Labute approximate surface area is 130 Å². The van der Waals surface area contributed by atoms with Crippen LogP contribution < -0.4 is 15.4 Å². The second-order valence-corrected chi connectivity index (χ2v) is 5.50. The molecule has 1 heterocycles. The van der Waals surface area contributed by atoms with Gasteiger partial charge in [0.1, 0.15) is 11.6 Å². The van der Waals surface area contributed by atoms with Crippen molar-refractivity contribution < 1.29 is 13.9 Å². The van der Waals surface area contributed by atoms with Crippen molar-refractivity contribution in [1.29, 1.82) is 0 Å². The van der Waals surface area contributed by atoms with Gasteiger partial charge in [0.05, 0.1) is 11.8 Å². The molecule has 1 atom stereocenters. The number of amides is 1. The van der Waals surface area contributed by atoms with Gasteiger partial charge in [-0.2, -0.15) is 0 Å². The summed E-state index contributed by atoms with van der Waals surface area (Å²) in [5, 5.41) is 5.77. The molecule has 1 unspecified atom stereocenters. The highest BCUT2D eigenvalue weighted by molar-refractivity contribution is 5.92. The quantitative estimate of drug-likeness (QED) is 0.878. The topological polar surface area (TPSA) is 50.4 Å². The summed E-state index contributed by atoms with van der Waals surface area (Å²) in [5.74, 6) is 0.0546. The maximum absolute atomic E-state index is 13.9. The van der Waals surface area contributed by atoms with E-state index in [4.69, 9.17) is 4.74 Å². The van der Waals surface area contributed by atoms with Gasteiger partial charge in [0.15, 0.2) is 0 Å². The molecule has 0 radical (unpaired) electrons. The average Bonchev–Trinajstić information content (AvgIpc) is 2.29. The van der Waals surface area contributed by atoms with E-state index in [1.807, 2.05) is 20.8 Å². The van der Waals surface area contributed by atoms with E-state index in [-0.39, 0.29) is 36.0 Å². The zero-order valence-corrected chi connectivity index (χ0v) is 13.3. The van der Waals surface area contributed by atoms with Crippen LogP contribution in [-0.2, 0) is 4.79 Å². The van der Waals surface area contributed by atoms with Crippen LogP contribution in [0.5, 0.6) is 5.75 Å². The van der Waals surface area contributed by atoms with Crippen LogP contribution in [0, 0.1) is 17.7 Å². The Kier molecular flexibility index (Phi) is 6.42. The van der Waals surface area contributed by atoms with Gasteiger partial charge in [-0.3, -0.25) is 4.79 Å². The van der Waals surface area contributed by atoms with Gasteiger partial charge in [0.25, 0.3) is 0 Å². The SMILES string of the molecule is CC(C)Oc1ccc(NC(=O)C(C)C2CNC2)c(F)c1.Cl. The molecule has 2 N–H and O–H groups in total. The maximum Gasteiger partial charge on any atom is 0.227 e. The summed E-state index contributed by atoms with van der Waals surface area (Å²) in [6.07, 6.45) is -0.0130. The summed E-state index contributed by atoms with van der Waals surface area (Å²) in [7, 11) is 0. The molecule has 1 fully saturated rings.